The second kappa shape index (κ2) is 7.75. The van der Waals surface area contributed by atoms with E-state index < -0.39 is 23.8 Å². The average Bonchev–Trinajstić information content (AvgIpc) is 3.15. The Balaban J connectivity index is 1.88. The Morgan fingerprint density at radius 2 is 1.83 bits per heavy atom. The van der Waals surface area contributed by atoms with Gasteiger partial charge in [-0.3, -0.25) is 4.79 Å². The first kappa shape index (κ1) is 20.4. The molecule has 0 N–H and O–H groups in total. The summed E-state index contributed by atoms with van der Waals surface area (Å²) in [4.78, 5) is 12.5. The molecule has 0 unspecified atom stereocenters. The van der Waals surface area contributed by atoms with E-state index in [-0.39, 0.29) is 5.25 Å². The fourth-order valence-electron chi connectivity index (χ4n) is 3.52. The molecule has 30 heavy (non-hydrogen) atoms. The first-order chi connectivity index (χ1) is 14.3. The number of carbonyl (C=O) groups excluding carboxylic acids is 1. The second-order valence-corrected chi connectivity index (χ2v) is 8.01. The van der Waals surface area contributed by atoms with Gasteiger partial charge in [0, 0.05) is 18.0 Å². The molecular weight excluding hydrogens is 415 g/mol. The van der Waals surface area contributed by atoms with Crippen LogP contribution in [0.1, 0.15) is 35.1 Å². The number of hydrogen-bond acceptors (Lipinski definition) is 4. The number of methoxy groups -OCH3 is 1. The van der Waals surface area contributed by atoms with E-state index in [0.29, 0.717) is 22.0 Å². The van der Waals surface area contributed by atoms with Crippen molar-refractivity contribution in [2.24, 2.45) is 0 Å². The molecule has 4 rings (SSSR count). The largest absolute Gasteiger partial charge is 0.497 e. The van der Waals surface area contributed by atoms with E-state index in [0.717, 1.165) is 17.7 Å². The Labute approximate surface area is 175 Å². The summed E-state index contributed by atoms with van der Waals surface area (Å²) in [6.07, 6.45) is -3.45. The predicted octanol–water partition coefficient (Wildman–Crippen LogP) is 5.96. The molecule has 0 saturated heterocycles. The first-order valence-corrected chi connectivity index (χ1v) is 10.0. The molecule has 1 aromatic heterocycles. The molecule has 2 aromatic carbocycles. The van der Waals surface area contributed by atoms with Gasteiger partial charge in [-0.2, -0.15) is 13.2 Å². The Hall–Kier alpha value is -2.87. The molecule has 3 aromatic rings. The maximum atomic E-state index is 13.3. The third-order valence-corrected chi connectivity index (χ3v) is 6.26. The van der Waals surface area contributed by atoms with Crippen LogP contribution in [-0.4, -0.2) is 17.6 Å². The highest BCUT2D eigenvalue weighted by Gasteiger charge is 2.37. The SMILES string of the molecule is COc1ccc([C@H]2Sc3ccc(C(F)(F)F)cc3-n3cccc3[C@@H]2OC(C)=O)cc1. The van der Waals surface area contributed by atoms with Crippen LogP contribution in [0, 0.1) is 0 Å². The van der Waals surface area contributed by atoms with Gasteiger partial charge in [0.15, 0.2) is 6.10 Å². The number of aromatic nitrogens is 1. The zero-order chi connectivity index (χ0) is 21.5. The van der Waals surface area contributed by atoms with Gasteiger partial charge >= 0.3 is 12.1 Å². The fraction of sp³-hybridized carbons (Fsp3) is 0.227. The average molecular weight is 433 g/mol. The molecule has 2 heterocycles. The third-order valence-electron chi connectivity index (χ3n) is 4.88. The number of alkyl halides is 3. The molecule has 0 radical (unpaired) electrons. The van der Waals surface area contributed by atoms with Crippen molar-refractivity contribution in [1.29, 1.82) is 0 Å². The lowest BCUT2D eigenvalue weighted by Gasteiger charge is -2.25. The Morgan fingerprint density at radius 1 is 1.10 bits per heavy atom. The molecule has 1 aliphatic heterocycles. The summed E-state index contributed by atoms with van der Waals surface area (Å²) >= 11 is 1.37. The molecule has 0 saturated carbocycles. The number of nitrogens with zero attached hydrogens (tertiary/aromatic N) is 1. The van der Waals surface area contributed by atoms with E-state index in [4.69, 9.17) is 9.47 Å². The highest BCUT2D eigenvalue weighted by Crippen LogP contribution is 2.51. The Bertz CT molecular complexity index is 1080. The number of halogens is 3. The van der Waals surface area contributed by atoms with Crippen molar-refractivity contribution in [2.75, 3.05) is 7.11 Å². The molecule has 0 spiro atoms. The van der Waals surface area contributed by atoms with Gasteiger partial charge in [-0.15, -0.1) is 11.8 Å². The fourth-order valence-corrected chi connectivity index (χ4v) is 4.83. The van der Waals surface area contributed by atoms with Gasteiger partial charge in [0.2, 0.25) is 0 Å². The molecule has 2 atom stereocenters. The number of carbonyl (C=O) groups is 1. The quantitative estimate of drug-likeness (QED) is 0.478. The lowest BCUT2D eigenvalue weighted by atomic mass is 10.0. The minimum atomic E-state index is -4.45. The zero-order valence-electron chi connectivity index (χ0n) is 16.1. The van der Waals surface area contributed by atoms with E-state index in [1.54, 1.807) is 42.1 Å². The molecule has 1 aliphatic rings. The van der Waals surface area contributed by atoms with Crippen molar-refractivity contribution < 1.29 is 27.4 Å². The molecule has 0 aliphatic carbocycles. The third kappa shape index (κ3) is 3.79. The van der Waals surface area contributed by atoms with Crippen LogP contribution in [0.2, 0.25) is 0 Å². The van der Waals surface area contributed by atoms with Gasteiger partial charge in [0.25, 0.3) is 0 Å². The van der Waals surface area contributed by atoms with Crippen molar-refractivity contribution in [3.05, 3.63) is 77.6 Å². The number of esters is 1. The van der Waals surface area contributed by atoms with Crippen LogP contribution in [0.15, 0.2) is 65.7 Å². The van der Waals surface area contributed by atoms with Crippen LogP contribution in [0.3, 0.4) is 0 Å². The monoisotopic (exact) mass is 433 g/mol. The van der Waals surface area contributed by atoms with Crippen molar-refractivity contribution in [2.45, 2.75) is 29.3 Å². The predicted molar refractivity (Wildman–Crippen MR) is 107 cm³/mol. The standard InChI is InChI=1S/C22H18F3NO3S/c1-13(27)29-20-17-4-3-11-26(17)18-12-15(22(23,24)25)7-10-19(18)30-21(20)14-5-8-16(28-2)9-6-14/h3-12,20-21H,1-2H3/t20-,21+/m0/s1. The van der Waals surface area contributed by atoms with Crippen molar-refractivity contribution in [1.82, 2.24) is 4.57 Å². The molecule has 0 bridgehead atoms. The number of ether oxygens (including phenoxy) is 2. The van der Waals surface area contributed by atoms with Gasteiger partial charge in [-0.25, -0.2) is 0 Å². The summed E-state index contributed by atoms with van der Waals surface area (Å²) in [5.74, 6) is 0.216. The summed E-state index contributed by atoms with van der Waals surface area (Å²) in [7, 11) is 1.57. The molecule has 0 fully saturated rings. The van der Waals surface area contributed by atoms with Crippen molar-refractivity contribution in [3.63, 3.8) is 0 Å². The van der Waals surface area contributed by atoms with Crippen molar-refractivity contribution >= 4 is 17.7 Å². The minimum Gasteiger partial charge on any atom is -0.497 e. The topological polar surface area (TPSA) is 40.5 Å². The van der Waals surface area contributed by atoms with Crippen LogP contribution in [0.25, 0.3) is 5.69 Å². The van der Waals surface area contributed by atoms with Crippen LogP contribution in [0.4, 0.5) is 13.2 Å². The number of benzene rings is 2. The van der Waals surface area contributed by atoms with E-state index in [2.05, 4.69) is 0 Å². The maximum absolute atomic E-state index is 13.3. The summed E-state index contributed by atoms with van der Waals surface area (Å²) in [5, 5.41) is -0.355. The number of thioether (sulfide) groups is 1. The highest BCUT2D eigenvalue weighted by molar-refractivity contribution is 7.99. The summed E-state index contributed by atoms with van der Waals surface area (Å²) in [5.41, 5.74) is 1.15. The first-order valence-electron chi connectivity index (χ1n) is 9.14. The van der Waals surface area contributed by atoms with Crippen LogP contribution in [-0.2, 0) is 15.7 Å². The van der Waals surface area contributed by atoms with Crippen LogP contribution in [0.5, 0.6) is 5.75 Å². The maximum Gasteiger partial charge on any atom is 0.416 e. The van der Waals surface area contributed by atoms with Crippen LogP contribution < -0.4 is 4.74 Å². The summed E-state index contributed by atoms with van der Waals surface area (Å²) < 4.78 is 52.5. The lowest BCUT2D eigenvalue weighted by Crippen LogP contribution is -2.16. The molecule has 4 nitrogen and oxygen atoms in total. The second-order valence-electron chi connectivity index (χ2n) is 6.82. The molecular formula is C22H18F3NO3S. The molecule has 0 amide bonds. The Kier molecular flexibility index (Phi) is 5.27. The normalized spacial score (nSPS) is 18.2. The van der Waals surface area contributed by atoms with Gasteiger partial charge in [-0.05, 0) is 48.0 Å². The summed E-state index contributed by atoms with van der Waals surface area (Å²) in [6, 6.07) is 14.5. The number of fused-ring (bicyclic) bond motifs is 3. The zero-order valence-corrected chi connectivity index (χ0v) is 17.0. The van der Waals surface area contributed by atoms with Crippen LogP contribution >= 0.6 is 11.8 Å². The van der Waals surface area contributed by atoms with Crippen molar-refractivity contribution in [3.8, 4) is 11.4 Å². The molecule has 156 valence electrons. The van der Waals surface area contributed by atoms with Gasteiger partial charge in [0.05, 0.1) is 29.3 Å². The number of rotatable bonds is 3. The van der Waals surface area contributed by atoms with E-state index in [1.807, 2.05) is 12.1 Å². The van der Waals surface area contributed by atoms with Gasteiger partial charge in [0.1, 0.15) is 5.75 Å². The van der Waals surface area contributed by atoms with E-state index >= 15 is 0 Å². The highest BCUT2D eigenvalue weighted by atomic mass is 32.2. The van der Waals surface area contributed by atoms with Gasteiger partial charge < -0.3 is 14.0 Å². The lowest BCUT2D eigenvalue weighted by molar-refractivity contribution is -0.147. The smallest absolute Gasteiger partial charge is 0.416 e. The molecule has 8 heteroatoms. The van der Waals surface area contributed by atoms with E-state index in [9.17, 15) is 18.0 Å². The number of hydrogen-bond donors (Lipinski definition) is 0. The summed E-state index contributed by atoms with van der Waals surface area (Å²) in [6.45, 7) is 1.32. The Morgan fingerprint density at radius 3 is 2.47 bits per heavy atom. The van der Waals surface area contributed by atoms with E-state index in [1.165, 1.54) is 24.8 Å². The van der Waals surface area contributed by atoms with Gasteiger partial charge in [-0.1, -0.05) is 12.1 Å². The minimum absolute atomic E-state index is 0.355.